The molecule has 0 radical (unpaired) electrons. The van der Waals surface area contributed by atoms with Gasteiger partial charge in [-0.15, -0.1) is 0 Å². The van der Waals surface area contributed by atoms with E-state index < -0.39 is 0 Å². The smallest absolute Gasteiger partial charge is 0.254 e. The van der Waals surface area contributed by atoms with Gasteiger partial charge >= 0.3 is 0 Å². The third kappa shape index (κ3) is 3.72. The fraction of sp³-hybridized carbons (Fsp3) is 0.615. The SMILES string of the molecule is Cc1cc(C(=O)NCCCC(C)C)c(C)o1. The monoisotopic (exact) mass is 223 g/mol. The Morgan fingerprint density at radius 1 is 1.44 bits per heavy atom. The van der Waals surface area contributed by atoms with Crippen molar-refractivity contribution in [3.8, 4) is 0 Å². The highest BCUT2D eigenvalue weighted by Gasteiger charge is 2.12. The Hall–Kier alpha value is -1.25. The van der Waals surface area contributed by atoms with Crippen molar-refractivity contribution in [2.24, 2.45) is 5.92 Å². The zero-order valence-corrected chi connectivity index (χ0v) is 10.6. The highest BCUT2D eigenvalue weighted by molar-refractivity contribution is 5.95. The van der Waals surface area contributed by atoms with E-state index in [0.29, 0.717) is 17.2 Å². The first-order valence-corrected chi connectivity index (χ1v) is 5.86. The number of carbonyl (C=O) groups is 1. The van der Waals surface area contributed by atoms with Gasteiger partial charge in [-0.2, -0.15) is 0 Å². The molecule has 0 aromatic carbocycles. The van der Waals surface area contributed by atoms with Crippen LogP contribution in [0, 0.1) is 19.8 Å². The lowest BCUT2D eigenvalue weighted by Crippen LogP contribution is -2.24. The molecule has 0 saturated heterocycles. The summed E-state index contributed by atoms with van der Waals surface area (Å²) < 4.78 is 5.32. The van der Waals surface area contributed by atoms with E-state index in [1.54, 1.807) is 6.07 Å². The number of nitrogens with one attached hydrogen (secondary N) is 1. The summed E-state index contributed by atoms with van der Waals surface area (Å²) in [5.41, 5.74) is 0.655. The number of aryl methyl sites for hydroxylation is 2. The van der Waals surface area contributed by atoms with Gasteiger partial charge in [0.05, 0.1) is 5.56 Å². The van der Waals surface area contributed by atoms with Gasteiger partial charge in [-0.25, -0.2) is 0 Å². The fourth-order valence-corrected chi connectivity index (χ4v) is 1.66. The molecule has 16 heavy (non-hydrogen) atoms. The Morgan fingerprint density at radius 2 is 2.12 bits per heavy atom. The zero-order valence-electron chi connectivity index (χ0n) is 10.6. The standard InChI is InChI=1S/C13H21NO2/c1-9(2)6-5-7-14-13(15)12-8-10(3)16-11(12)4/h8-9H,5-7H2,1-4H3,(H,14,15). The number of furan rings is 1. The molecule has 0 atom stereocenters. The molecule has 1 amide bonds. The van der Waals surface area contributed by atoms with Crippen LogP contribution in [0.15, 0.2) is 10.5 Å². The van der Waals surface area contributed by atoms with E-state index in [9.17, 15) is 4.79 Å². The van der Waals surface area contributed by atoms with Crippen molar-refractivity contribution in [2.75, 3.05) is 6.54 Å². The maximum Gasteiger partial charge on any atom is 0.254 e. The number of hydrogen-bond acceptors (Lipinski definition) is 2. The molecule has 1 rings (SSSR count). The predicted octanol–water partition coefficient (Wildman–Crippen LogP) is 3.06. The Balaban J connectivity index is 2.38. The molecular weight excluding hydrogens is 202 g/mol. The van der Waals surface area contributed by atoms with E-state index in [-0.39, 0.29) is 5.91 Å². The van der Waals surface area contributed by atoms with Crippen LogP contribution in [-0.2, 0) is 0 Å². The second kappa shape index (κ2) is 5.73. The minimum absolute atomic E-state index is 0.0295. The van der Waals surface area contributed by atoms with Crippen LogP contribution in [0.2, 0.25) is 0 Å². The highest BCUT2D eigenvalue weighted by Crippen LogP contribution is 2.13. The van der Waals surface area contributed by atoms with Gasteiger partial charge in [0.25, 0.3) is 5.91 Å². The van der Waals surface area contributed by atoms with Gasteiger partial charge in [0.15, 0.2) is 0 Å². The van der Waals surface area contributed by atoms with Gasteiger partial charge in [0.1, 0.15) is 11.5 Å². The molecule has 3 nitrogen and oxygen atoms in total. The van der Waals surface area contributed by atoms with Crippen LogP contribution < -0.4 is 5.32 Å². The van der Waals surface area contributed by atoms with E-state index in [4.69, 9.17) is 4.42 Å². The molecule has 0 aliphatic heterocycles. The third-order valence-electron chi connectivity index (χ3n) is 2.53. The Kier molecular flexibility index (Phi) is 4.59. The van der Waals surface area contributed by atoms with Crippen molar-refractivity contribution in [1.82, 2.24) is 5.32 Å². The summed E-state index contributed by atoms with van der Waals surface area (Å²) >= 11 is 0. The molecule has 90 valence electrons. The van der Waals surface area contributed by atoms with Gasteiger partial charge < -0.3 is 9.73 Å². The van der Waals surface area contributed by atoms with E-state index in [1.807, 2.05) is 13.8 Å². The summed E-state index contributed by atoms with van der Waals surface area (Å²) in [5.74, 6) is 2.14. The molecule has 0 fully saturated rings. The minimum atomic E-state index is -0.0295. The molecule has 1 heterocycles. The van der Waals surface area contributed by atoms with Crippen LogP contribution in [0.1, 0.15) is 48.6 Å². The van der Waals surface area contributed by atoms with Crippen LogP contribution in [0.5, 0.6) is 0 Å². The Bertz CT molecular complexity index is 353. The van der Waals surface area contributed by atoms with Crippen LogP contribution in [0.4, 0.5) is 0 Å². The quantitative estimate of drug-likeness (QED) is 0.779. The Morgan fingerprint density at radius 3 is 2.62 bits per heavy atom. The molecule has 0 aliphatic carbocycles. The van der Waals surface area contributed by atoms with Crippen molar-refractivity contribution in [3.63, 3.8) is 0 Å². The molecule has 1 N–H and O–H groups in total. The lowest BCUT2D eigenvalue weighted by molar-refractivity contribution is 0.0951. The molecular formula is C13H21NO2. The predicted molar refractivity (Wildman–Crippen MR) is 64.6 cm³/mol. The third-order valence-corrected chi connectivity index (χ3v) is 2.53. The molecule has 0 saturated carbocycles. The second-order valence-electron chi connectivity index (χ2n) is 4.62. The first-order valence-electron chi connectivity index (χ1n) is 5.86. The second-order valence-corrected chi connectivity index (χ2v) is 4.62. The molecule has 0 spiro atoms. The maximum absolute atomic E-state index is 11.8. The first-order chi connectivity index (χ1) is 7.50. The van der Waals surface area contributed by atoms with Crippen molar-refractivity contribution in [3.05, 3.63) is 23.2 Å². The number of hydrogen-bond donors (Lipinski definition) is 1. The number of rotatable bonds is 5. The van der Waals surface area contributed by atoms with Gasteiger partial charge in [0, 0.05) is 6.54 Å². The van der Waals surface area contributed by atoms with E-state index in [0.717, 1.165) is 25.1 Å². The van der Waals surface area contributed by atoms with Crippen molar-refractivity contribution < 1.29 is 9.21 Å². The molecule has 1 aromatic rings. The van der Waals surface area contributed by atoms with Gasteiger partial charge in [0.2, 0.25) is 0 Å². The minimum Gasteiger partial charge on any atom is -0.466 e. The van der Waals surface area contributed by atoms with Crippen LogP contribution in [0.3, 0.4) is 0 Å². The van der Waals surface area contributed by atoms with Crippen LogP contribution in [-0.4, -0.2) is 12.5 Å². The summed E-state index contributed by atoms with van der Waals surface area (Å²) in [7, 11) is 0. The molecule has 1 aromatic heterocycles. The summed E-state index contributed by atoms with van der Waals surface area (Å²) in [5, 5.41) is 2.91. The lowest BCUT2D eigenvalue weighted by Gasteiger charge is -2.06. The van der Waals surface area contributed by atoms with Crippen LogP contribution in [0.25, 0.3) is 0 Å². The molecule has 3 heteroatoms. The largest absolute Gasteiger partial charge is 0.466 e. The van der Waals surface area contributed by atoms with E-state index in [1.165, 1.54) is 0 Å². The van der Waals surface area contributed by atoms with Gasteiger partial charge in [-0.3, -0.25) is 4.79 Å². The average molecular weight is 223 g/mol. The zero-order chi connectivity index (χ0) is 12.1. The normalized spacial score (nSPS) is 10.8. The topological polar surface area (TPSA) is 42.2 Å². The first kappa shape index (κ1) is 12.8. The average Bonchev–Trinajstić information content (AvgIpc) is 2.52. The maximum atomic E-state index is 11.8. The summed E-state index contributed by atoms with van der Waals surface area (Å²) in [4.78, 5) is 11.8. The summed E-state index contributed by atoms with van der Waals surface area (Å²) in [6, 6.07) is 1.78. The summed E-state index contributed by atoms with van der Waals surface area (Å²) in [6.07, 6.45) is 2.17. The Labute approximate surface area is 97.2 Å². The lowest BCUT2D eigenvalue weighted by atomic mass is 10.1. The van der Waals surface area contributed by atoms with Gasteiger partial charge in [-0.05, 0) is 38.7 Å². The van der Waals surface area contributed by atoms with E-state index in [2.05, 4.69) is 19.2 Å². The van der Waals surface area contributed by atoms with Crippen molar-refractivity contribution in [2.45, 2.75) is 40.5 Å². The molecule has 0 aliphatic rings. The molecule has 0 unspecified atom stereocenters. The summed E-state index contributed by atoms with van der Waals surface area (Å²) in [6.45, 7) is 8.77. The molecule has 0 bridgehead atoms. The van der Waals surface area contributed by atoms with Crippen molar-refractivity contribution in [1.29, 1.82) is 0 Å². The van der Waals surface area contributed by atoms with Crippen molar-refractivity contribution >= 4 is 5.91 Å². The number of amides is 1. The number of carbonyl (C=O) groups excluding carboxylic acids is 1. The van der Waals surface area contributed by atoms with Crippen LogP contribution >= 0.6 is 0 Å². The van der Waals surface area contributed by atoms with Gasteiger partial charge in [-0.1, -0.05) is 13.8 Å². The fourth-order valence-electron chi connectivity index (χ4n) is 1.66. The highest BCUT2D eigenvalue weighted by atomic mass is 16.3. The van der Waals surface area contributed by atoms with E-state index >= 15 is 0 Å².